The lowest BCUT2D eigenvalue weighted by Crippen LogP contribution is -2.40. The first-order valence-electron chi connectivity index (χ1n) is 4.60. The van der Waals surface area contributed by atoms with E-state index in [-0.39, 0.29) is 5.76 Å². The molecule has 88 valence electrons. The number of ether oxygens (including phenoxy) is 1. The Labute approximate surface area is 87.0 Å². The summed E-state index contributed by atoms with van der Waals surface area (Å²) in [5, 5.41) is 46.6. The SMILES string of the molecule is CC(C)=C(O)[C@@H](O)[C@H]1OC(O)[C@@H](O)[C@H]1O. The monoisotopic (exact) mass is 220 g/mol. The number of hydrogen-bond acceptors (Lipinski definition) is 6. The highest BCUT2D eigenvalue weighted by molar-refractivity contribution is 5.10. The molecule has 0 radical (unpaired) electrons. The van der Waals surface area contributed by atoms with Crippen molar-refractivity contribution in [1.29, 1.82) is 0 Å². The zero-order valence-corrected chi connectivity index (χ0v) is 8.53. The minimum Gasteiger partial charge on any atom is -0.510 e. The Morgan fingerprint density at radius 3 is 2.00 bits per heavy atom. The molecule has 5 N–H and O–H groups in total. The molecule has 5 atom stereocenters. The highest BCUT2D eigenvalue weighted by atomic mass is 16.6. The molecule has 6 nitrogen and oxygen atoms in total. The normalized spacial score (nSPS) is 37.7. The Hall–Kier alpha value is -0.660. The molecule has 0 aromatic rings. The van der Waals surface area contributed by atoms with Crippen LogP contribution in [0.25, 0.3) is 0 Å². The molecule has 1 heterocycles. The van der Waals surface area contributed by atoms with Crippen molar-refractivity contribution in [3.05, 3.63) is 11.3 Å². The molecule has 0 aliphatic carbocycles. The molecule has 1 saturated heterocycles. The Balaban J connectivity index is 2.78. The number of aliphatic hydroxyl groups is 5. The fraction of sp³-hybridized carbons (Fsp3) is 0.778. The molecule has 1 rings (SSSR count). The van der Waals surface area contributed by atoms with Crippen LogP contribution in [0.15, 0.2) is 11.3 Å². The predicted molar refractivity (Wildman–Crippen MR) is 49.9 cm³/mol. The first kappa shape index (κ1) is 12.4. The van der Waals surface area contributed by atoms with Crippen molar-refractivity contribution in [1.82, 2.24) is 0 Å². The van der Waals surface area contributed by atoms with Gasteiger partial charge in [-0.2, -0.15) is 0 Å². The van der Waals surface area contributed by atoms with Gasteiger partial charge in [0.25, 0.3) is 0 Å². The van der Waals surface area contributed by atoms with E-state index < -0.39 is 30.7 Å². The molecule has 6 heteroatoms. The molecule has 0 aromatic heterocycles. The maximum Gasteiger partial charge on any atom is 0.184 e. The van der Waals surface area contributed by atoms with Gasteiger partial charge in [-0.1, -0.05) is 0 Å². The predicted octanol–water partition coefficient (Wildman–Crippen LogP) is -1.36. The van der Waals surface area contributed by atoms with Crippen LogP contribution in [-0.2, 0) is 4.74 Å². The zero-order valence-electron chi connectivity index (χ0n) is 8.53. The molecular formula is C9H16O6. The Morgan fingerprint density at radius 1 is 1.13 bits per heavy atom. The van der Waals surface area contributed by atoms with Crippen LogP contribution in [0, 0.1) is 0 Å². The van der Waals surface area contributed by atoms with Gasteiger partial charge < -0.3 is 30.3 Å². The van der Waals surface area contributed by atoms with E-state index in [0.717, 1.165) is 0 Å². The third kappa shape index (κ3) is 2.30. The molecule has 1 aliphatic rings. The molecule has 0 saturated carbocycles. The summed E-state index contributed by atoms with van der Waals surface area (Å²) in [4.78, 5) is 0. The van der Waals surface area contributed by atoms with Crippen LogP contribution >= 0.6 is 0 Å². The van der Waals surface area contributed by atoms with E-state index in [2.05, 4.69) is 0 Å². The lowest BCUT2D eigenvalue weighted by molar-refractivity contribution is -0.144. The van der Waals surface area contributed by atoms with Gasteiger partial charge in [0.2, 0.25) is 0 Å². The smallest absolute Gasteiger partial charge is 0.184 e. The van der Waals surface area contributed by atoms with Crippen LogP contribution in [0.3, 0.4) is 0 Å². The number of allylic oxidation sites excluding steroid dienone is 1. The van der Waals surface area contributed by atoms with E-state index in [0.29, 0.717) is 5.57 Å². The summed E-state index contributed by atoms with van der Waals surface area (Å²) in [6.45, 7) is 3.15. The second-order valence-corrected chi connectivity index (χ2v) is 3.80. The van der Waals surface area contributed by atoms with Crippen LogP contribution < -0.4 is 0 Å². The second-order valence-electron chi connectivity index (χ2n) is 3.80. The van der Waals surface area contributed by atoms with E-state index in [1.807, 2.05) is 0 Å². The molecule has 1 unspecified atom stereocenters. The zero-order chi connectivity index (χ0) is 11.7. The van der Waals surface area contributed by atoms with E-state index in [9.17, 15) is 20.4 Å². The summed E-state index contributed by atoms with van der Waals surface area (Å²) in [5.41, 5.74) is 0.467. The summed E-state index contributed by atoms with van der Waals surface area (Å²) in [7, 11) is 0. The van der Waals surface area contributed by atoms with Crippen LogP contribution in [0.1, 0.15) is 13.8 Å². The minimum absolute atomic E-state index is 0.333. The quantitative estimate of drug-likeness (QED) is 0.367. The van der Waals surface area contributed by atoms with E-state index in [1.54, 1.807) is 13.8 Å². The van der Waals surface area contributed by atoms with Gasteiger partial charge in [-0.15, -0.1) is 0 Å². The molecule has 0 spiro atoms. The molecule has 0 bridgehead atoms. The highest BCUT2D eigenvalue weighted by Crippen LogP contribution is 2.25. The summed E-state index contributed by atoms with van der Waals surface area (Å²) >= 11 is 0. The minimum atomic E-state index is -1.55. The van der Waals surface area contributed by atoms with E-state index in [4.69, 9.17) is 9.84 Å². The van der Waals surface area contributed by atoms with Gasteiger partial charge in [-0.25, -0.2) is 0 Å². The van der Waals surface area contributed by atoms with Gasteiger partial charge in [0, 0.05) is 0 Å². The topological polar surface area (TPSA) is 110 Å². The largest absolute Gasteiger partial charge is 0.510 e. The Kier molecular flexibility index (Phi) is 3.69. The second kappa shape index (κ2) is 4.46. The molecule has 0 aromatic carbocycles. The molecule has 1 fully saturated rings. The standard InChI is InChI=1S/C9H16O6/c1-3(2)4(10)5(11)8-6(12)7(13)9(14)15-8/h5-14H,1-2H3/t5-,6-,7+,8-,9?/m1/s1. The van der Waals surface area contributed by atoms with Crippen molar-refractivity contribution in [2.24, 2.45) is 0 Å². The molecular weight excluding hydrogens is 204 g/mol. The van der Waals surface area contributed by atoms with Crippen molar-refractivity contribution in [3.63, 3.8) is 0 Å². The summed E-state index contributed by atoms with van der Waals surface area (Å²) in [5.74, 6) is -0.333. The molecule has 0 amide bonds. The Bertz CT molecular complexity index is 259. The summed E-state index contributed by atoms with van der Waals surface area (Å²) in [6.07, 6.45) is -7.16. The average molecular weight is 220 g/mol. The third-order valence-corrected chi connectivity index (χ3v) is 2.38. The van der Waals surface area contributed by atoms with Gasteiger partial charge in [-0.3, -0.25) is 0 Å². The van der Waals surface area contributed by atoms with Crippen LogP contribution in [-0.4, -0.2) is 56.2 Å². The van der Waals surface area contributed by atoms with Gasteiger partial charge in [0.05, 0.1) is 0 Å². The van der Waals surface area contributed by atoms with Crippen LogP contribution in [0.4, 0.5) is 0 Å². The summed E-state index contributed by atoms with van der Waals surface area (Å²) < 4.78 is 4.73. The maximum atomic E-state index is 9.58. The first-order valence-corrected chi connectivity index (χ1v) is 4.60. The van der Waals surface area contributed by atoms with E-state index >= 15 is 0 Å². The number of aliphatic hydroxyl groups excluding tert-OH is 5. The van der Waals surface area contributed by atoms with Crippen molar-refractivity contribution in [2.45, 2.75) is 44.6 Å². The van der Waals surface area contributed by atoms with Crippen molar-refractivity contribution in [3.8, 4) is 0 Å². The summed E-state index contributed by atoms with van der Waals surface area (Å²) in [6, 6.07) is 0. The van der Waals surface area contributed by atoms with Crippen molar-refractivity contribution < 1.29 is 30.3 Å². The lowest BCUT2D eigenvalue weighted by atomic mass is 10.0. The number of rotatable bonds is 2. The van der Waals surface area contributed by atoms with Gasteiger partial charge >= 0.3 is 0 Å². The lowest BCUT2D eigenvalue weighted by Gasteiger charge is -2.20. The van der Waals surface area contributed by atoms with Gasteiger partial charge in [0.15, 0.2) is 6.29 Å². The maximum absolute atomic E-state index is 9.58. The van der Waals surface area contributed by atoms with Crippen LogP contribution in [0.2, 0.25) is 0 Å². The Morgan fingerprint density at radius 2 is 1.67 bits per heavy atom. The number of hydrogen-bond donors (Lipinski definition) is 5. The third-order valence-electron chi connectivity index (χ3n) is 2.38. The van der Waals surface area contributed by atoms with Gasteiger partial charge in [-0.05, 0) is 19.4 Å². The fourth-order valence-electron chi connectivity index (χ4n) is 1.40. The molecule has 15 heavy (non-hydrogen) atoms. The van der Waals surface area contributed by atoms with E-state index in [1.165, 1.54) is 0 Å². The van der Waals surface area contributed by atoms with Crippen molar-refractivity contribution in [2.75, 3.05) is 0 Å². The highest BCUT2D eigenvalue weighted by Gasteiger charge is 2.46. The van der Waals surface area contributed by atoms with Crippen molar-refractivity contribution >= 4 is 0 Å². The molecule has 1 aliphatic heterocycles. The fourth-order valence-corrected chi connectivity index (χ4v) is 1.40. The average Bonchev–Trinajstić information content (AvgIpc) is 2.43. The first-order chi connectivity index (χ1) is 6.86. The van der Waals surface area contributed by atoms with Gasteiger partial charge in [0.1, 0.15) is 30.2 Å². The van der Waals surface area contributed by atoms with Crippen LogP contribution in [0.5, 0.6) is 0 Å².